The van der Waals surface area contributed by atoms with Crippen LogP contribution in [0.3, 0.4) is 0 Å². The van der Waals surface area contributed by atoms with Gasteiger partial charge in [0.05, 0.1) is 11.4 Å². The van der Waals surface area contributed by atoms with Crippen LogP contribution >= 0.6 is 0 Å². The smallest absolute Gasteiger partial charge is 0.410 e. The first-order valence-corrected chi connectivity index (χ1v) is 10.6. The summed E-state index contributed by atoms with van der Waals surface area (Å²) in [5.41, 5.74) is 0.0210. The standard InChI is InChI=1S/C18H27N3O5S/c1-18(2,3)26-17(23)21-10-8-20(9-11-21)16(22)13-19-14-6-5-7-15(12-14)27(4,24)25/h5-7,12,19H,8-11,13H2,1-4H3. The van der Waals surface area contributed by atoms with E-state index in [1.165, 1.54) is 12.1 Å². The second kappa shape index (κ2) is 8.16. The molecule has 1 saturated heterocycles. The van der Waals surface area contributed by atoms with E-state index in [1.54, 1.807) is 21.9 Å². The lowest BCUT2D eigenvalue weighted by atomic mass is 10.2. The van der Waals surface area contributed by atoms with E-state index in [9.17, 15) is 18.0 Å². The maximum absolute atomic E-state index is 12.4. The van der Waals surface area contributed by atoms with Crippen LogP contribution in [0.15, 0.2) is 29.2 Å². The number of rotatable bonds is 4. The molecule has 0 atom stereocenters. The third-order valence-electron chi connectivity index (χ3n) is 3.99. The average Bonchev–Trinajstić information content (AvgIpc) is 2.58. The fourth-order valence-electron chi connectivity index (χ4n) is 2.59. The Morgan fingerprint density at radius 3 is 2.26 bits per heavy atom. The number of ether oxygens (including phenoxy) is 1. The first-order chi connectivity index (χ1) is 12.5. The van der Waals surface area contributed by atoms with Gasteiger partial charge in [-0.15, -0.1) is 0 Å². The fourth-order valence-corrected chi connectivity index (χ4v) is 3.26. The zero-order valence-electron chi connectivity index (χ0n) is 16.2. The molecule has 0 unspecified atom stereocenters. The molecule has 2 rings (SSSR count). The van der Waals surface area contributed by atoms with Crippen LogP contribution in [0.5, 0.6) is 0 Å². The highest BCUT2D eigenvalue weighted by Crippen LogP contribution is 2.15. The maximum Gasteiger partial charge on any atom is 0.410 e. The van der Waals surface area contributed by atoms with Gasteiger partial charge in [-0.2, -0.15) is 0 Å². The van der Waals surface area contributed by atoms with Crippen LogP contribution in [0, 0.1) is 0 Å². The van der Waals surface area contributed by atoms with Crippen molar-refractivity contribution in [3.05, 3.63) is 24.3 Å². The average molecular weight is 397 g/mol. The Hall–Kier alpha value is -2.29. The molecule has 2 amide bonds. The number of anilines is 1. The Balaban J connectivity index is 1.84. The van der Waals surface area contributed by atoms with Crippen LogP contribution in [0.2, 0.25) is 0 Å². The van der Waals surface area contributed by atoms with E-state index in [-0.39, 0.29) is 23.4 Å². The predicted molar refractivity (Wildman–Crippen MR) is 102 cm³/mol. The highest BCUT2D eigenvalue weighted by atomic mass is 32.2. The zero-order chi connectivity index (χ0) is 20.2. The number of hydrogen-bond acceptors (Lipinski definition) is 6. The lowest BCUT2D eigenvalue weighted by Crippen LogP contribution is -2.52. The van der Waals surface area contributed by atoms with E-state index in [1.807, 2.05) is 20.8 Å². The molecule has 27 heavy (non-hydrogen) atoms. The minimum atomic E-state index is -3.30. The molecule has 0 spiro atoms. The second-order valence-electron chi connectivity index (χ2n) is 7.50. The van der Waals surface area contributed by atoms with E-state index < -0.39 is 15.4 Å². The topological polar surface area (TPSA) is 96.0 Å². The minimum absolute atomic E-state index is 0.0552. The van der Waals surface area contributed by atoms with Crippen LogP contribution in [-0.2, 0) is 19.4 Å². The predicted octanol–water partition coefficient (Wildman–Crippen LogP) is 1.58. The van der Waals surface area contributed by atoms with Gasteiger partial charge in [-0.25, -0.2) is 13.2 Å². The number of nitrogens with one attached hydrogen (secondary N) is 1. The van der Waals surface area contributed by atoms with Gasteiger partial charge in [0.2, 0.25) is 5.91 Å². The summed E-state index contributed by atoms with van der Waals surface area (Å²) in [7, 11) is -3.30. The Morgan fingerprint density at radius 1 is 1.11 bits per heavy atom. The Morgan fingerprint density at radius 2 is 1.70 bits per heavy atom. The number of amides is 2. The van der Waals surface area contributed by atoms with Gasteiger partial charge in [-0.05, 0) is 39.0 Å². The van der Waals surface area contributed by atoms with Gasteiger partial charge < -0.3 is 19.9 Å². The Labute approximate surface area is 160 Å². The van der Waals surface area contributed by atoms with Crippen molar-refractivity contribution in [1.29, 1.82) is 0 Å². The third kappa shape index (κ3) is 6.42. The minimum Gasteiger partial charge on any atom is -0.444 e. The number of piperazine rings is 1. The van der Waals surface area contributed by atoms with Gasteiger partial charge in [0, 0.05) is 38.1 Å². The molecule has 0 aromatic heterocycles. The van der Waals surface area contributed by atoms with Crippen LogP contribution in [0.4, 0.5) is 10.5 Å². The highest BCUT2D eigenvalue weighted by molar-refractivity contribution is 7.90. The van der Waals surface area contributed by atoms with Crippen molar-refractivity contribution in [2.75, 3.05) is 44.3 Å². The van der Waals surface area contributed by atoms with Gasteiger partial charge in [0.15, 0.2) is 9.84 Å². The summed E-state index contributed by atoms with van der Waals surface area (Å²) in [5.74, 6) is -0.108. The molecule has 1 aliphatic rings. The molecule has 1 aliphatic heterocycles. The number of carbonyl (C=O) groups is 2. The lowest BCUT2D eigenvalue weighted by molar-refractivity contribution is -0.131. The molecule has 1 fully saturated rings. The van der Waals surface area contributed by atoms with Crippen LogP contribution in [0.25, 0.3) is 0 Å². The van der Waals surface area contributed by atoms with Gasteiger partial charge in [0.1, 0.15) is 5.60 Å². The quantitative estimate of drug-likeness (QED) is 0.829. The molecule has 1 aromatic carbocycles. The largest absolute Gasteiger partial charge is 0.444 e. The normalized spacial score (nSPS) is 15.4. The van der Waals surface area contributed by atoms with E-state index in [0.29, 0.717) is 31.9 Å². The monoisotopic (exact) mass is 397 g/mol. The van der Waals surface area contributed by atoms with Crippen molar-refractivity contribution < 1.29 is 22.7 Å². The first kappa shape index (κ1) is 21.0. The molecule has 8 nitrogen and oxygen atoms in total. The summed E-state index contributed by atoms with van der Waals surface area (Å²) in [6.07, 6.45) is 0.770. The lowest BCUT2D eigenvalue weighted by Gasteiger charge is -2.35. The van der Waals surface area contributed by atoms with Gasteiger partial charge in [-0.1, -0.05) is 6.07 Å². The van der Waals surface area contributed by atoms with Crippen molar-refractivity contribution in [3.63, 3.8) is 0 Å². The van der Waals surface area contributed by atoms with E-state index in [4.69, 9.17) is 4.74 Å². The van der Waals surface area contributed by atoms with Crippen molar-refractivity contribution in [2.45, 2.75) is 31.3 Å². The fraction of sp³-hybridized carbons (Fsp3) is 0.556. The van der Waals surface area contributed by atoms with E-state index in [0.717, 1.165) is 6.26 Å². The zero-order valence-corrected chi connectivity index (χ0v) is 17.0. The SMILES string of the molecule is CC(C)(C)OC(=O)N1CCN(C(=O)CNc2cccc(S(C)(=O)=O)c2)CC1. The highest BCUT2D eigenvalue weighted by Gasteiger charge is 2.27. The summed E-state index contributed by atoms with van der Waals surface area (Å²) in [4.78, 5) is 27.9. The maximum atomic E-state index is 12.4. The number of hydrogen-bond donors (Lipinski definition) is 1. The summed E-state index contributed by atoms with van der Waals surface area (Å²) in [5, 5.41) is 2.96. The molecular formula is C18H27N3O5S. The summed E-state index contributed by atoms with van der Waals surface area (Å²) >= 11 is 0. The molecule has 9 heteroatoms. The molecule has 0 bridgehead atoms. The summed E-state index contributed by atoms with van der Waals surface area (Å²) in [6.45, 7) is 7.21. The molecule has 0 aliphatic carbocycles. The molecule has 1 heterocycles. The van der Waals surface area contributed by atoms with Gasteiger partial charge >= 0.3 is 6.09 Å². The molecule has 1 N–H and O–H groups in total. The Kier molecular flexibility index (Phi) is 6.35. The number of carbonyl (C=O) groups excluding carboxylic acids is 2. The molecular weight excluding hydrogens is 370 g/mol. The van der Waals surface area contributed by atoms with Gasteiger partial charge in [0.25, 0.3) is 0 Å². The number of sulfone groups is 1. The molecule has 0 saturated carbocycles. The number of benzene rings is 1. The Bertz CT molecular complexity index is 793. The van der Waals surface area contributed by atoms with Gasteiger partial charge in [-0.3, -0.25) is 4.79 Å². The van der Waals surface area contributed by atoms with Crippen LogP contribution in [0.1, 0.15) is 20.8 Å². The molecule has 0 radical (unpaired) electrons. The van der Waals surface area contributed by atoms with E-state index in [2.05, 4.69) is 5.32 Å². The van der Waals surface area contributed by atoms with Crippen molar-refractivity contribution in [1.82, 2.24) is 9.80 Å². The van der Waals surface area contributed by atoms with Crippen molar-refractivity contribution >= 4 is 27.5 Å². The second-order valence-corrected chi connectivity index (χ2v) is 9.52. The summed E-state index contributed by atoms with van der Waals surface area (Å²) < 4.78 is 28.5. The summed E-state index contributed by atoms with van der Waals surface area (Å²) in [6, 6.07) is 6.35. The molecule has 1 aromatic rings. The van der Waals surface area contributed by atoms with E-state index >= 15 is 0 Å². The number of nitrogens with zero attached hydrogens (tertiary/aromatic N) is 2. The third-order valence-corrected chi connectivity index (χ3v) is 5.10. The van der Waals surface area contributed by atoms with Crippen molar-refractivity contribution in [3.8, 4) is 0 Å². The van der Waals surface area contributed by atoms with Crippen molar-refractivity contribution in [2.24, 2.45) is 0 Å². The van der Waals surface area contributed by atoms with Crippen LogP contribution in [-0.4, -0.2) is 74.8 Å². The first-order valence-electron chi connectivity index (χ1n) is 8.75. The van der Waals surface area contributed by atoms with Crippen LogP contribution < -0.4 is 5.32 Å². The molecule has 150 valence electrons.